The van der Waals surface area contributed by atoms with Crippen molar-refractivity contribution in [3.05, 3.63) is 40.9 Å². The highest BCUT2D eigenvalue weighted by Gasteiger charge is 2.30. The molecule has 0 amide bonds. The fraction of sp³-hybridized carbons (Fsp3) is 0.474. The van der Waals surface area contributed by atoms with Crippen LogP contribution in [-0.2, 0) is 11.3 Å². The summed E-state index contributed by atoms with van der Waals surface area (Å²) in [6.45, 7) is 0.844. The molecule has 0 aliphatic heterocycles. The predicted molar refractivity (Wildman–Crippen MR) is 98.6 cm³/mol. The van der Waals surface area contributed by atoms with E-state index in [1.165, 1.54) is 26.4 Å². The second-order valence-corrected chi connectivity index (χ2v) is 7.42. The molecule has 1 aromatic carbocycles. The molecule has 0 spiro atoms. The molecule has 0 bridgehead atoms. The van der Waals surface area contributed by atoms with Crippen molar-refractivity contribution >= 4 is 17.3 Å². The first-order valence-corrected chi connectivity index (χ1v) is 9.53. The Bertz CT molecular complexity index is 706. The SMILES string of the molecule is COC(=O)c1ccc(-c2nc(CNC3(CO)CCCCC3)cs2)cc1. The van der Waals surface area contributed by atoms with Gasteiger partial charge in [0.25, 0.3) is 0 Å². The largest absolute Gasteiger partial charge is 0.465 e. The van der Waals surface area contributed by atoms with Gasteiger partial charge < -0.3 is 15.2 Å². The molecule has 1 fully saturated rings. The number of aliphatic hydroxyl groups is 1. The Morgan fingerprint density at radius 1 is 1.28 bits per heavy atom. The highest BCUT2D eigenvalue weighted by atomic mass is 32.1. The average Bonchev–Trinajstić information content (AvgIpc) is 3.16. The van der Waals surface area contributed by atoms with Crippen LogP contribution < -0.4 is 5.32 Å². The molecule has 0 radical (unpaired) electrons. The van der Waals surface area contributed by atoms with E-state index in [9.17, 15) is 9.90 Å². The molecule has 1 saturated carbocycles. The van der Waals surface area contributed by atoms with E-state index in [4.69, 9.17) is 4.74 Å². The minimum atomic E-state index is -0.336. The second kappa shape index (κ2) is 8.08. The van der Waals surface area contributed by atoms with Gasteiger partial charge in [0.15, 0.2) is 0 Å². The number of aromatic nitrogens is 1. The Hall–Kier alpha value is -1.76. The van der Waals surface area contributed by atoms with Gasteiger partial charge in [-0.2, -0.15) is 0 Å². The number of hydrogen-bond acceptors (Lipinski definition) is 6. The Labute approximate surface area is 152 Å². The van der Waals surface area contributed by atoms with E-state index < -0.39 is 0 Å². The van der Waals surface area contributed by atoms with Gasteiger partial charge in [0, 0.05) is 23.0 Å². The van der Waals surface area contributed by atoms with E-state index in [1.807, 2.05) is 17.5 Å². The normalized spacial score (nSPS) is 16.6. The van der Waals surface area contributed by atoms with E-state index in [2.05, 4.69) is 10.3 Å². The van der Waals surface area contributed by atoms with Crippen LogP contribution in [0, 0.1) is 0 Å². The minimum Gasteiger partial charge on any atom is -0.465 e. The Kier molecular flexibility index (Phi) is 5.83. The topological polar surface area (TPSA) is 71.5 Å². The zero-order valence-corrected chi connectivity index (χ0v) is 15.3. The van der Waals surface area contributed by atoms with E-state index in [-0.39, 0.29) is 18.1 Å². The van der Waals surface area contributed by atoms with Crippen molar-refractivity contribution < 1.29 is 14.6 Å². The molecule has 1 aliphatic rings. The fourth-order valence-corrected chi connectivity index (χ4v) is 4.11. The second-order valence-electron chi connectivity index (χ2n) is 6.57. The smallest absolute Gasteiger partial charge is 0.337 e. The van der Waals surface area contributed by atoms with Crippen LogP contribution in [0.1, 0.15) is 48.2 Å². The van der Waals surface area contributed by atoms with E-state index in [1.54, 1.807) is 23.5 Å². The van der Waals surface area contributed by atoms with Crippen molar-refractivity contribution in [3.63, 3.8) is 0 Å². The van der Waals surface area contributed by atoms with Gasteiger partial charge in [-0.05, 0) is 25.0 Å². The molecule has 25 heavy (non-hydrogen) atoms. The molecule has 0 atom stereocenters. The number of nitrogens with one attached hydrogen (secondary N) is 1. The van der Waals surface area contributed by atoms with Crippen LogP contribution in [0.2, 0.25) is 0 Å². The van der Waals surface area contributed by atoms with Crippen LogP contribution in [0.4, 0.5) is 0 Å². The summed E-state index contributed by atoms with van der Waals surface area (Å²) in [5.41, 5.74) is 2.35. The number of rotatable bonds is 6. The standard InChI is InChI=1S/C19H24N2O3S/c1-24-18(23)15-7-5-14(6-8-15)17-21-16(12-25-17)11-20-19(13-22)9-3-2-4-10-19/h5-8,12,20,22H,2-4,9-11,13H2,1H3. The van der Waals surface area contributed by atoms with E-state index >= 15 is 0 Å². The lowest BCUT2D eigenvalue weighted by Gasteiger charge is -2.36. The first-order chi connectivity index (χ1) is 12.2. The molecule has 2 aromatic rings. The number of thiazole rings is 1. The van der Waals surface area contributed by atoms with Gasteiger partial charge in [-0.3, -0.25) is 0 Å². The van der Waals surface area contributed by atoms with E-state index in [0.29, 0.717) is 12.1 Å². The summed E-state index contributed by atoms with van der Waals surface area (Å²) in [4.78, 5) is 16.2. The number of esters is 1. The number of aliphatic hydroxyl groups excluding tert-OH is 1. The number of methoxy groups -OCH3 is 1. The number of benzene rings is 1. The van der Waals surface area contributed by atoms with Crippen LogP contribution in [-0.4, -0.2) is 35.3 Å². The van der Waals surface area contributed by atoms with Crippen LogP contribution in [0.5, 0.6) is 0 Å². The molecule has 1 heterocycles. The lowest BCUT2D eigenvalue weighted by molar-refractivity contribution is 0.0601. The third kappa shape index (κ3) is 4.26. The Morgan fingerprint density at radius 3 is 2.64 bits per heavy atom. The number of carbonyl (C=O) groups is 1. The highest BCUT2D eigenvalue weighted by Crippen LogP contribution is 2.29. The van der Waals surface area contributed by atoms with Crippen molar-refractivity contribution in [3.8, 4) is 10.6 Å². The van der Waals surface area contributed by atoms with Crippen LogP contribution in [0.25, 0.3) is 10.6 Å². The molecular weight excluding hydrogens is 336 g/mol. The van der Waals surface area contributed by atoms with Crippen molar-refractivity contribution in [2.24, 2.45) is 0 Å². The summed E-state index contributed by atoms with van der Waals surface area (Å²) in [5.74, 6) is -0.336. The number of carbonyl (C=O) groups excluding carboxylic acids is 1. The monoisotopic (exact) mass is 360 g/mol. The van der Waals surface area contributed by atoms with E-state index in [0.717, 1.165) is 29.1 Å². The van der Waals surface area contributed by atoms with Gasteiger partial charge in [-0.25, -0.2) is 9.78 Å². The maximum atomic E-state index is 11.5. The molecule has 134 valence electrons. The quantitative estimate of drug-likeness (QED) is 0.773. The summed E-state index contributed by atoms with van der Waals surface area (Å²) in [7, 11) is 1.38. The summed E-state index contributed by atoms with van der Waals surface area (Å²) in [6.07, 6.45) is 5.64. The zero-order chi connectivity index (χ0) is 17.7. The summed E-state index contributed by atoms with van der Waals surface area (Å²) in [5, 5.41) is 16.3. The third-order valence-corrected chi connectivity index (χ3v) is 5.80. The van der Waals surface area contributed by atoms with Crippen LogP contribution in [0.3, 0.4) is 0 Å². The van der Waals surface area contributed by atoms with Gasteiger partial charge in [0.2, 0.25) is 0 Å². The predicted octanol–water partition coefficient (Wildman–Crippen LogP) is 3.38. The molecule has 1 aromatic heterocycles. The number of hydrogen-bond donors (Lipinski definition) is 2. The lowest BCUT2D eigenvalue weighted by Crippen LogP contribution is -2.49. The zero-order valence-electron chi connectivity index (χ0n) is 14.5. The molecule has 3 rings (SSSR count). The van der Waals surface area contributed by atoms with Gasteiger partial charge in [0.05, 0.1) is 25.0 Å². The summed E-state index contributed by atoms with van der Waals surface area (Å²) >= 11 is 1.59. The molecular formula is C19H24N2O3S. The van der Waals surface area contributed by atoms with Crippen molar-refractivity contribution in [1.82, 2.24) is 10.3 Å². The highest BCUT2D eigenvalue weighted by molar-refractivity contribution is 7.13. The average molecular weight is 360 g/mol. The van der Waals surface area contributed by atoms with Crippen molar-refractivity contribution in [2.45, 2.75) is 44.2 Å². The summed E-state index contributed by atoms with van der Waals surface area (Å²) < 4.78 is 4.71. The molecule has 0 unspecified atom stereocenters. The number of nitrogens with zero attached hydrogens (tertiary/aromatic N) is 1. The van der Waals surface area contributed by atoms with Crippen molar-refractivity contribution in [1.29, 1.82) is 0 Å². The van der Waals surface area contributed by atoms with Crippen molar-refractivity contribution in [2.75, 3.05) is 13.7 Å². The van der Waals surface area contributed by atoms with Gasteiger partial charge in [-0.1, -0.05) is 31.4 Å². The number of ether oxygens (including phenoxy) is 1. The van der Waals surface area contributed by atoms with Crippen LogP contribution in [0.15, 0.2) is 29.6 Å². The first kappa shape index (κ1) is 18.0. The molecule has 2 N–H and O–H groups in total. The van der Waals surface area contributed by atoms with Crippen LogP contribution >= 0.6 is 11.3 Å². The lowest BCUT2D eigenvalue weighted by atomic mass is 9.82. The summed E-state index contributed by atoms with van der Waals surface area (Å²) in [6, 6.07) is 7.28. The Balaban J connectivity index is 1.65. The Morgan fingerprint density at radius 2 is 2.00 bits per heavy atom. The molecule has 0 saturated heterocycles. The van der Waals surface area contributed by atoms with Gasteiger partial charge in [-0.15, -0.1) is 11.3 Å². The maximum Gasteiger partial charge on any atom is 0.337 e. The molecule has 6 heteroatoms. The minimum absolute atomic E-state index is 0.149. The molecule has 1 aliphatic carbocycles. The van der Waals surface area contributed by atoms with Gasteiger partial charge in [0.1, 0.15) is 5.01 Å². The molecule has 5 nitrogen and oxygen atoms in total. The fourth-order valence-electron chi connectivity index (χ4n) is 3.28. The maximum absolute atomic E-state index is 11.5. The third-order valence-electron chi connectivity index (χ3n) is 4.86. The first-order valence-electron chi connectivity index (χ1n) is 8.65. The van der Waals surface area contributed by atoms with Gasteiger partial charge >= 0.3 is 5.97 Å².